The van der Waals surface area contributed by atoms with Crippen LogP contribution in [0, 0.1) is 0 Å². The SMILES string of the molecule is CC(C)NC(=O)c1cc(Cl)cc(Cl)c1NC(=O)c1cc(Cl)nn1-c1ncccc1Cl. The lowest BCUT2D eigenvalue weighted by Crippen LogP contribution is -2.31. The zero-order chi connectivity index (χ0) is 22.0. The van der Waals surface area contributed by atoms with E-state index < -0.39 is 11.8 Å². The normalized spacial score (nSPS) is 10.9. The molecule has 2 aromatic heterocycles. The van der Waals surface area contributed by atoms with Gasteiger partial charge in [-0.05, 0) is 38.1 Å². The van der Waals surface area contributed by atoms with E-state index in [1.807, 2.05) is 0 Å². The molecule has 0 radical (unpaired) electrons. The number of anilines is 1. The summed E-state index contributed by atoms with van der Waals surface area (Å²) in [5.74, 6) is -0.848. The van der Waals surface area contributed by atoms with Crippen molar-refractivity contribution in [2.45, 2.75) is 19.9 Å². The first-order chi connectivity index (χ1) is 14.2. The second-order valence-corrected chi connectivity index (χ2v) is 8.10. The molecule has 0 spiro atoms. The molecule has 156 valence electrons. The average Bonchev–Trinajstić information content (AvgIpc) is 3.05. The zero-order valence-electron chi connectivity index (χ0n) is 15.7. The molecule has 2 amide bonds. The summed E-state index contributed by atoms with van der Waals surface area (Å²) in [6, 6.07) is 7.30. The van der Waals surface area contributed by atoms with Crippen LogP contribution in [-0.4, -0.2) is 32.6 Å². The predicted molar refractivity (Wildman–Crippen MR) is 118 cm³/mol. The number of pyridine rings is 1. The van der Waals surface area contributed by atoms with Crippen molar-refractivity contribution >= 4 is 63.9 Å². The Morgan fingerprint density at radius 3 is 2.43 bits per heavy atom. The fourth-order valence-electron chi connectivity index (χ4n) is 2.61. The fraction of sp³-hybridized carbons (Fsp3) is 0.158. The van der Waals surface area contributed by atoms with Crippen LogP contribution in [0.25, 0.3) is 5.82 Å². The van der Waals surface area contributed by atoms with Gasteiger partial charge >= 0.3 is 0 Å². The summed E-state index contributed by atoms with van der Waals surface area (Å²) in [4.78, 5) is 29.8. The highest BCUT2D eigenvalue weighted by Gasteiger charge is 2.23. The predicted octanol–water partition coefficient (Wildman–Crippen LogP) is 5.27. The van der Waals surface area contributed by atoms with Gasteiger partial charge in [-0.15, -0.1) is 0 Å². The Kier molecular flexibility index (Phi) is 6.88. The van der Waals surface area contributed by atoms with E-state index in [-0.39, 0.29) is 49.0 Å². The van der Waals surface area contributed by atoms with Crippen molar-refractivity contribution in [3.63, 3.8) is 0 Å². The van der Waals surface area contributed by atoms with Gasteiger partial charge < -0.3 is 10.6 Å². The monoisotopic (exact) mass is 485 g/mol. The largest absolute Gasteiger partial charge is 0.350 e. The summed E-state index contributed by atoms with van der Waals surface area (Å²) in [6.45, 7) is 3.61. The van der Waals surface area contributed by atoms with E-state index >= 15 is 0 Å². The maximum atomic E-state index is 13.0. The molecule has 0 aliphatic rings. The topological polar surface area (TPSA) is 88.9 Å². The summed E-state index contributed by atoms with van der Waals surface area (Å²) < 4.78 is 1.21. The Morgan fingerprint density at radius 2 is 1.77 bits per heavy atom. The van der Waals surface area contributed by atoms with Crippen LogP contribution in [0.2, 0.25) is 20.2 Å². The molecule has 0 fully saturated rings. The van der Waals surface area contributed by atoms with Crippen LogP contribution in [0.3, 0.4) is 0 Å². The minimum atomic E-state index is -0.626. The third-order valence-corrected chi connectivity index (χ3v) is 4.81. The number of hydrogen-bond donors (Lipinski definition) is 2. The van der Waals surface area contributed by atoms with Crippen molar-refractivity contribution in [2.75, 3.05) is 5.32 Å². The van der Waals surface area contributed by atoms with Gasteiger partial charge in [0.05, 0.1) is 21.3 Å². The number of carbonyl (C=O) groups is 2. The highest BCUT2D eigenvalue weighted by atomic mass is 35.5. The molecular weight excluding hydrogens is 472 g/mol. The molecule has 0 bridgehead atoms. The number of carbonyl (C=O) groups excluding carboxylic acids is 2. The zero-order valence-corrected chi connectivity index (χ0v) is 18.7. The smallest absolute Gasteiger partial charge is 0.274 e. The number of hydrogen-bond acceptors (Lipinski definition) is 4. The molecular formula is C19H15Cl4N5O2. The van der Waals surface area contributed by atoms with Gasteiger partial charge in [-0.1, -0.05) is 46.4 Å². The fourth-order valence-corrected chi connectivity index (χ4v) is 3.53. The lowest BCUT2D eigenvalue weighted by atomic mass is 10.1. The van der Waals surface area contributed by atoms with Crippen LogP contribution in [0.1, 0.15) is 34.7 Å². The van der Waals surface area contributed by atoms with Gasteiger partial charge in [-0.2, -0.15) is 5.10 Å². The van der Waals surface area contributed by atoms with E-state index in [9.17, 15) is 9.59 Å². The Balaban J connectivity index is 2.02. The Labute approximate surface area is 192 Å². The molecule has 0 atom stereocenters. The third-order valence-electron chi connectivity index (χ3n) is 3.81. The van der Waals surface area contributed by atoms with Gasteiger partial charge in [0, 0.05) is 23.3 Å². The van der Waals surface area contributed by atoms with E-state index in [1.54, 1.807) is 26.0 Å². The van der Waals surface area contributed by atoms with E-state index in [2.05, 4.69) is 20.7 Å². The highest BCUT2D eigenvalue weighted by Crippen LogP contribution is 2.31. The van der Waals surface area contributed by atoms with Gasteiger partial charge in [0.15, 0.2) is 11.0 Å². The Bertz CT molecular complexity index is 1130. The summed E-state index contributed by atoms with van der Waals surface area (Å²) in [5.41, 5.74) is 0.254. The number of benzene rings is 1. The second-order valence-electron chi connectivity index (χ2n) is 6.47. The molecule has 11 heteroatoms. The number of aromatic nitrogens is 3. The van der Waals surface area contributed by atoms with E-state index in [1.165, 1.54) is 29.1 Å². The number of nitrogens with one attached hydrogen (secondary N) is 2. The van der Waals surface area contributed by atoms with Gasteiger partial charge in [0.2, 0.25) is 0 Å². The summed E-state index contributed by atoms with van der Waals surface area (Å²) >= 11 is 24.5. The van der Waals surface area contributed by atoms with Crippen LogP contribution >= 0.6 is 46.4 Å². The first-order valence-corrected chi connectivity index (χ1v) is 10.2. The van der Waals surface area contributed by atoms with Crippen molar-refractivity contribution < 1.29 is 9.59 Å². The number of nitrogens with zero attached hydrogens (tertiary/aromatic N) is 3. The van der Waals surface area contributed by atoms with Crippen LogP contribution in [0.4, 0.5) is 5.69 Å². The first-order valence-electron chi connectivity index (χ1n) is 8.65. The molecule has 30 heavy (non-hydrogen) atoms. The molecule has 0 saturated heterocycles. The first kappa shape index (κ1) is 22.4. The molecule has 2 N–H and O–H groups in total. The molecule has 2 heterocycles. The van der Waals surface area contributed by atoms with Crippen molar-refractivity contribution in [1.82, 2.24) is 20.1 Å². The second kappa shape index (κ2) is 9.22. The molecule has 0 saturated carbocycles. The van der Waals surface area contributed by atoms with Crippen LogP contribution in [0.15, 0.2) is 36.5 Å². The van der Waals surface area contributed by atoms with Crippen molar-refractivity contribution in [3.05, 3.63) is 68.0 Å². The summed E-state index contributed by atoms with van der Waals surface area (Å²) in [7, 11) is 0. The Hall–Kier alpha value is -2.32. The van der Waals surface area contributed by atoms with Crippen LogP contribution in [0.5, 0.6) is 0 Å². The van der Waals surface area contributed by atoms with Gasteiger partial charge in [0.1, 0.15) is 5.69 Å². The summed E-state index contributed by atoms with van der Waals surface area (Å²) in [6.07, 6.45) is 1.50. The quantitative estimate of drug-likeness (QED) is 0.514. The number of amides is 2. The molecule has 0 unspecified atom stereocenters. The highest BCUT2D eigenvalue weighted by molar-refractivity contribution is 6.38. The Morgan fingerprint density at radius 1 is 1.03 bits per heavy atom. The lowest BCUT2D eigenvalue weighted by molar-refractivity contribution is 0.0944. The molecule has 1 aromatic carbocycles. The minimum Gasteiger partial charge on any atom is -0.350 e. The molecule has 3 rings (SSSR count). The van der Waals surface area contributed by atoms with Gasteiger partial charge in [-0.3, -0.25) is 9.59 Å². The maximum absolute atomic E-state index is 13.0. The van der Waals surface area contributed by atoms with E-state index in [0.717, 1.165) is 0 Å². The lowest BCUT2D eigenvalue weighted by Gasteiger charge is -2.15. The van der Waals surface area contributed by atoms with Gasteiger partial charge in [-0.25, -0.2) is 9.67 Å². The number of halogens is 4. The molecule has 0 aliphatic heterocycles. The molecule has 0 aliphatic carbocycles. The van der Waals surface area contributed by atoms with Crippen molar-refractivity contribution in [3.8, 4) is 5.82 Å². The van der Waals surface area contributed by atoms with Crippen LogP contribution in [-0.2, 0) is 0 Å². The minimum absolute atomic E-state index is 0.0434. The number of rotatable bonds is 5. The van der Waals surface area contributed by atoms with E-state index in [0.29, 0.717) is 0 Å². The van der Waals surface area contributed by atoms with Gasteiger partial charge in [0.25, 0.3) is 11.8 Å². The van der Waals surface area contributed by atoms with Crippen molar-refractivity contribution in [2.24, 2.45) is 0 Å². The van der Waals surface area contributed by atoms with Crippen LogP contribution < -0.4 is 10.6 Å². The molecule has 7 nitrogen and oxygen atoms in total. The van der Waals surface area contributed by atoms with E-state index in [4.69, 9.17) is 46.4 Å². The standard InChI is InChI=1S/C19H15Cl4N5O2/c1-9(2)25-18(29)11-6-10(20)7-13(22)16(11)26-19(30)14-8-15(23)27-28(14)17-12(21)4-3-5-24-17/h3-9H,1-2H3,(H,25,29)(H,26,30). The summed E-state index contributed by atoms with van der Waals surface area (Å²) in [5, 5.41) is 10.1. The van der Waals surface area contributed by atoms with Crippen molar-refractivity contribution in [1.29, 1.82) is 0 Å². The maximum Gasteiger partial charge on any atom is 0.274 e. The third kappa shape index (κ3) is 4.87. The molecule has 3 aromatic rings. The average molecular weight is 487 g/mol.